The number of aromatic nitrogens is 2. The van der Waals surface area contributed by atoms with Crippen LogP contribution in [0.2, 0.25) is 5.15 Å². The molecule has 0 amide bonds. The number of rotatable bonds is 7. The molecular weight excluding hydrogens is 234 g/mol. The minimum atomic E-state index is 0.433. The van der Waals surface area contributed by atoms with Gasteiger partial charge >= 0.3 is 0 Å². The zero-order valence-corrected chi connectivity index (χ0v) is 10.6. The molecule has 0 saturated carbocycles. The lowest BCUT2D eigenvalue weighted by Gasteiger charge is -2.06. The van der Waals surface area contributed by atoms with Crippen molar-refractivity contribution in [3.05, 3.63) is 5.15 Å². The first-order valence-corrected chi connectivity index (χ1v) is 6.10. The number of halogens is 1. The van der Waals surface area contributed by atoms with E-state index in [4.69, 9.17) is 16.3 Å². The van der Waals surface area contributed by atoms with Crippen molar-refractivity contribution in [1.82, 2.24) is 8.75 Å². The number of hydrogen-bond acceptors (Lipinski definition) is 5. The highest BCUT2D eigenvalue weighted by molar-refractivity contribution is 6.99. The molecule has 15 heavy (non-hydrogen) atoms. The number of anilines is 1. The van der Waals surface area contributed by atoms with Gasteiger partial charge in [-0.3, -0.25) is 0 Å². The highest BCUT2D eigenvalue weighted by Gasteiger charge is 2.02. The molecule has 0 saturated heterocycles. The first-order chi connectivity index (χ1) is 7.20. The first-order valence-electron chi connectivity index (χ1n) is 5.00. The Kier molecular flexibility index (Phi) is 5.90. The monoisotopic (exact) mass is 249 g/mol. The summed E-state index contributed by atoms with van der Waals surface area (Å²) in [7, 11) is 0. The predicted octanol–water partition coefficient (Wildman–Crippen LogP) is 2.67. The van der Waals surface area contributed by atoms with E-state index in [0.717, 1.165) is 24.8 Å². The summed E-state index contributed by atoms with van der Waals surface area (Å²) in [6.07, 6.45) is 1.10. The van der Waals surface area contributed by atoms with Gasteiger partial charge in [0.25, 0.3) is 0 Å². The molecule has 0 atom stereocenters. The topological polar surface area (TPSA) is 47.0 Å². The summed E-state index contributed by atoms with van der Waals surface area (Å²) in [5.74, 6) is 1.34. The van der Waals surface area contributed by atoms with Gasteiger partial charge in [-0.1, -0.05) is 25.4 Å². The van der Waals surface area contributed by atoms with Gasteiger partial charge in [0.1, 0.15) is 0 Å². The molecule has 86 valence electrons. The zero-order valence-electron chi connectivity index (χ0n) is 8.99. The van der Waals surface area contributed by atoms with E-state index in [2.05, 4.69) is 27.9 Å². The minimum Gasteiger partial charge on any atom is -0.380 e. The number of hydrogen-bond donors (Lipinski definition) is 1. The summed E-state index contributed by atoms with van der Waals surface area (Å²) in [4.78, 5) is 0. The van der Waals surface area contributed by atoms with Crippen molar-refractivity contribution in [2.45, 2.75) is 20.3 Å². The van der Waals surface area contributed by atoms with Crippen molar-refractivity contribution in [3.8, 4) is 0 Å². The van der Waals surface area contributed by atoms with Crippen LogP contribution in [0.1, 0.15) is 20.3 Å². The molecule has 0 aromatic carbocycles. The van der Waals surface area contributed by atoms with Crippen LogP contribution in [-0.4, -0.2) is 28.5 Å². The molecule has 6 heteroatoms. The van der Waals surface area contributed by atoms with Gasteiger partial charge in [-0.05, 0) is 12.3 Å². The quantitative estimate of drug-likeness (QED) is 0.755. The van der Waals surface area contributed by atoms with Gasteiger partial charge in [0.2, 0.25) is 0 Å². The Morgan fingerprint density at radius 2 is 2.20 bits per heavy atom. The Hall–Kier alpha value is -0.390. The van der Waals surface area contributed by atoms with Crippen molar-refractivity contribution in [2.24, 2.45) is 5.92 Å². The molecule has 0 fully saturated rings. The Labute approximate surface area is 99.3 Å². The molecule has 0 aliphatic heterocycles. The molecule has 0 unspecified atom stereocenters. The second kappa shape index (κ2) is 6.98. The van der Waals surface area contributed by atoms with Gasteiger partial charge in [-0.2, -0.15) is 8.75 Å². The van der Waals surface area contributed by atoms with Crippen LogP contribution in [0.25, 0.3) is 0 Å². The lowest BCUT2D eigenvalue weighted by atomic mass is 10.1. The molecule has 1 rings (SSSR count). The molecule has 0 radical (unpaired) electrons. The van der Waals surface area contributed by atoms with Crippen LogP contribution in [0.15, 0.2) is 0 Å². The molecule has 0 bridgehead atoms. The molecule has 1 aromatic heterocycles. The van der Waals surface area contributed by atoms with Crippen molar-refractivity contribution in [3.63, 3.8) is 0 Å². The fourth-order valence-electron chi connectivity index (χ4n) is 0.946. The highest BCUT2D eigenvalue weighted by Crippen LogP contribution is 2.16. The highest BCUT2D eigenvalue weighted by atomic mass is 35.5. The van der Waals surface area contributed by atoms with E-state index in [1.54, 1.807) is 0 Å². The molecule has 1 N–H and O–H groups in total. The maximum atomic E-state index is 5.75. The van der Waals surface area contributed by atoms with E-state index < -0.39 is 0 Å². The van der Waals surface area contributed by atoms with Crippen LogP contribution in [0.5, 0.6) is 0 Å². The Morgan fingerprint density at radius 1 is 1.40 bits per heavy atom. The first kappa shape index (κ1) is 12.7. The summed E-state index contributed by atoms with van der Waals surface area (Å²) in [5.41, 5.74) is 0. The summed E-state index contributed by atoms with van der Waals surface area (Å²) < 4.78 is 13.3. The summed E-state index contributed by atoms with van der Waals surface area (Å²) in [6, 6.07) is 0. The summed E-state index contributed by atoms with van der Waals surface area (Å²) in [5, 5.41) is 3.49. The molecular formula is C9H16ClN3OS. The van der Waals surface area contributed by atoms with E-state index in [1.807, 2.05) is 0 Å². The van der Waals surface area contributed by atoms with Crippen LogP contribution < -0.4 is 5.32 Å². The van der Waals surface area contributed by atoms with Crippen molar-refractivity contribution < 1.29 is 4.74 Å². The van der Waals surface area contributed by atoms with Crippen molar-refractivity contribution in [2.75, 3.05) is 25.1 Å². The Bertz CT molecular complexity index is 280. The molecule has 0 spiro atoms. The van der Waals surface area contributed by atoms with E-state index in [-0.39, 0.29) is 0 Å². The lowest BCUT2D eigenvalue weighted by molar-refractivity contribution is 0.132. The smallest absolute Gasteiger partial charge is 0.186 e. The normalized spacial score (nSPS) is 10.9. The van der Waals surface area contributed by atoms with E-state index in [9.17, 15) is 0 Å². The third-order valence-electron chi connectivity index (χ3n) is 1.83. The van der Waals surface area contributed by atoms with E-state index in [0.29, 0.717) is 30.0 Å². The molecule has 0 aliphatic rings. The van der Waals surface area contributed by atoms with Gasteiger partial charge < -0.3 is 10.1 Å². The Balaban J connectivity index is 2.00. The fourth-order valence-corrected chi connectivity index (χ4v) is 1.63. The van der Waals surface area contributed by atoms with E-state index >= 15 is 0 Å². The van der Waals surface area contributed by atoms with E-state index in [1.165, 1.54) is 0 Å². The summed E-state index contributed by atoms with van der Waals surface area (Å²) >= 11 is 6.86. The predicted molar refractivity (Wildman–Crippen MR) is 63.7 cm³/mol. The van der Waals surface area contributed by atoms with Gasteiger partial charge in [0.05, 0.1) is 18.3 Å². The van der Waals surface area contributed by atoms with Crippen molar-refractivity contribution >= 4 is 29.1 Å². The molecule has 0 aliphatic carbocycles. The van der Waals surface area contributed by atoms with Crippen LogP contribution in [0.3, 0.4) is 0 Å². The SMILES string of the molecule is CC(C)CCOCCNc1nsnc1Cl. The second-order valence-corrected chi connectivity index (χ2v) is 4.51. The fraction of sp³-hybridized carbons (Fsp3) is 0.778. The molecule has 1 aromatic rings. The van der Waals surface area contributed by atoms with Gasteiger partial charge in [-0.15, -0.1) is 0 Å². The minimum absolute atomic E-state index is 0.433. The van der Waals surface area contributed by atoms with Gasteiger partial charge in [0.15, 0.2) is 11.0 Å². The van der Waals surface area contributed by atoms with Crippen LogP contribution in [0.4, 0.5) is 5.82 Å². The maximum Gasteiger partial charge on any atom is 0.186 e. The van der Waals surface area contributed by atoms with Crippen LogP contribution in [-0.2, 0) is 4.74 Å². The van der Waals surface area contributed by atoms with Crippen molar-refractivity contribution in [1.29, 1.82) is 0 Å². The van der Waals surface area contributed by atoms with Gasteiger partial charge in [0, 0.05) is 13.2 Å². The third kappa shape index (κ3) is 5.30. The number of nitrogens with zero attached hydrogens (tertiary/aromatic N) is 2. The van der Waals surface area contributed by atoms with Gasteiger partial charge in [-0.25, -0.2) is 0 Å². The summed E-state index contributed by atoms with van der Waals surface area (Å²) in [6.45, 7) is 6.55. The Morgan fingerprint density at radius 3 is 2.80 bits per heavy atom. The standard InChI is InChI=1S/C9H16ClN3OS/c1-7(2)3-5-14-6-4-11-9-8(10)12-15-13-9/h7H,3-6H2,1-2H3,(H,11,13). The number of nitrogens with one attached hydrogen (secondary N) is 1. The number of ether oxygens (including phenoxy) is 1. The average Bonchev–Trinajstić information content (AvgIpc) is 2.57. The molecule has 1 heterocycles. The second-order valence-electron chi connectivity index (χ2n) is 3.63. The molecule has 4 nitrogen and oxygen atoms in total. The average molecular weight is 250 g/mol. The zero-order chi connectivity index (χ0) is 11.1. The maximum absolute atomic E-state index is 5.75. The van der Waals surface area contributed by atoms with Crippen LogP contribution in [0, 0.1) is 5.92 Å². The lowest BCUT2D eigenvalue weighted by Crippen LogP contribution is -2.11. The van der Waals surface area contributed by atoms with Crippen LogP contribution >= 0.6 is 23.3 Å². The largest absolute Gasteiger partial charge is 0.380 e. The third-order valence-corrected chi connectivity index (χ3v) is 2.72.